The van der Waals surface area contributed by atoms with E-state index in [1.165, 1.54) is 6.21 Å². The predicted octanol–water partition coefficient (Wildman–Crippen LogP) is 3.63. The van der Waals surface area contributed by atoms with Gasteiger partial charge < -0.3 is 13.9 Å². The SMILES string of the molecule is CC(C)(C)c1ccc2c(c1)O[C@H](C(=O)N/N=C/c1ccc(Br)o1)CO2. The number of ether oxygens (including phenoxy) is 2. The molecule has 3 rings (SSSR count). The summed E-state index contributed by atoms with van der Waals surface area (Å²) in [7, 11) is 0. The Labute approximate surface area is 154 Å². The monoisotopic (exact) mass is 406 g/mol. The van der Waals surface area contributed by atoms with Crippen molar-refractivity contribution >= 4 is 28.1 Å². The number of hydrogen-bond acceptors (Lipinski definition) is 5. The van der Waals surface area contributed by atoms with Gasteiger partial charge in [-0.25, -0.2) is 5.43 Å². The van der Waals surface area contributed by atoms with E-state index in [1.54, 1.807) is 12.1 Å². The van der Waals surface area contributed by atoms with Gasteiger partial charge in [0, 0.05) is 0 Å². The maximum Gasteiger partial charge on any atom is 0.284 e. The van der Waals surface area contributed by atoms with E-state index in [0.29, 0.717) is 21.9 Å². The zero-order chi connectivity index (χ0) is 18.0. The maximum absolute atomic E-state index is 12.2. The molecule has 1 N–H and O–H groups in total. The van der Waals surface area contributed by atoms with Gasteiger partial charge in [-0.05, 0) is 51.2 Å². The topological polar surface area (TPSA) is 73.1 Å². The van der Waals surface area contributed by atoms with Gasteiger partial charge in [-0.1, -0.05) is 26.8 Å². The van der Waals surface area contributed by atoms with E-state index in [4.69, 9.17) is 13.9 Å². The molecule has 1 aliphatic heterocycles. The molecular weight excluding hydrogens is 388 g/mol. The minimum atomic E-state index is -0.761. The summed E-state index contributed by atoms with van der Waals surface area (Å²) in [5.41, 5.74) is 3.53. The number of furan rings is 1. The van der Waals surface area contributed by atoms with Crippen molar-refractivity contribution in [2.24, 2.45) is 5.10 Å². The highest BCUT2D eigenvalue weighted by atomic mass is 79.9. The molecule has 0 fully saturated rings. The number of hydrazone groups is 1. The van der Waals surface area contributed by atoms with Gasteiger partial charge in [-0.15, -0.1) is 0 Å². The predicted molar refractivity (Wildman–Crippen MR) is 97.2 cm³/mol. The fourth-order valence-corrected chi connectivity index (χ4v) is 2.62. The van der Waals surface area contributed by atoms with Crippen LogP contribution in [0.25, 0.3) is 0 Å². The van der Waals surface area contributed by atoms with Gasteiger partial charge in [-0.2, -0.15) is 5.10 Å². The van der Waals surface area contributed by atoms with Gasteiger partial charge in [0.15, 0.2) is 16.2 Å². The third-order valence-corrected chi connectivity index (χ3v) is 4.15. The molecule has 0 saturated heterocycles. The molecule has 25 heavy (non-hydrogen) atoms. The molecule has 0 radical (unpaired) electrons. The van der Waals surface area contributed by atoms with E-state index in [2.05, 4.69) is 47.2 Å². The van der Waals surface area contributed by atoms with Crippen molar-refractivity contribution in [3.8, 4) is 11.5 Å². The zero-order valence-corrected chi connectivity index (χ0v) is 15.8. The lowest BCUT2D eigenvalue weighted by Crippen LogP contribution is -2.42. The molecule has 1 atom stereocenters. The third-order valence-electron chi connectivity index (χ3n) is 3.72. The first-order valence-electron chi connectivity index (χ1n) is 7.85. The Morgan fingerprint density at radius 3 is 2.76 bits per heavy atom. The van der Waals surface area contributed by atoms with Gasteiger partial charge in [-0.3, -0.25) is 4.79 Å². The highest BCUT2D eigenvalue weighted by Gasteiger charge is 2.28. The first-order chi connectivity index (χ1) is 11.8. The van der Waals surface area contributed by atoms with Crippen molar-refractivity contribution in [3.05, 3.63) is 46.3 Å². The lowest BCUT2D eigenvalue weighted by atomic mass is 9.87. The molecule has 1 aromatic heterocycles. The number of carbonyl (C=O) groups is 1. The van der Waals surface area contributed by atoms with Crippen LogP contribution in [0.4, 0.5) is 0 Å². The molecule has 0 unspecified atom stereocenters. The van der Waals surface area contributed by atoms with E-state index < -0.39 is 6.10 Å². The minimum absolute atomic E-state index is 0.0187. The lowest BCUT2D eigenvalue weighted by molar-refractivity contribution is -0.130. The molecule has 0 bridgehead atoms. The van der Waals surface area contributed by atoms with Crippen LogP contribution in [0.3, 0.4) is 0 Å². The molecule has 6 nitrogen and oxygen atoms in total. The Kier molecular flexibility index (Phi) is 4.85. The minimum Gasteiger partial charge on any atom is -0.485 e. The number of amides is 1. The maximum atomic E-state index is 12.2. The highest BCUT2D eigenvalue weighted by Crippen LogP contribution is 2.36. The molecule has 0 aliphatic carbocycles. The fraction of sp³-hybridized carbons (Fsp3) is 0.333. The van der Waals surface area contributed by atoms with Crippen LogP contribution in [0.2, 0.25) is 0 Å². The third kappa shape index (κ3) is 4.22. The molecule has 1 amide bonds. The normalized spacial score (nSPS) is 16.9. The standard InChI is InChI=1S/C18H19BrN2O4/c1-18(2,3)11-4-6-13-14(8-11)25-15(10-23-13)17(22)21-20-9-12-5-7-16(19)24-12/h4-9,15H,10H2,1-3H3,(H,21,22)/b20-9+/t15-/m0/s1. The van der Waals surface area contributed by atoms with E-state index in [9.17, 15) is 4.79 Å². The van der Waals surface area contributed by atoms with Crippen molar-refractivity contribution in [2.45, 2.75) is 32.3 Å². The molecule has 132 valence electrons. The molecular formula is C18H19BrN2O4. The summed E-state index contributed by atoms with van der Waals surface area (Å²) in [5.74, 6) is 1.35. The second-order valence-corrected chi connectivity index (χ2v) is 7.49. The summed E-state index contributed by atoms with van der Waals surface area (Å²) in [6, 6.07) is 9.26. The van der Waals surface area contributed by atoms with E-state index >= 15 is 0 Å². The van der Waals surface area contributed by atoms with Gasteiger partial charge in [0.2, 0.25) is 6.10 Å². The lowest BCUT2D eigenvalue weighted by Gasteiger charge is -2.27. The quantitative estimate of drug-likeness (QED) is 0.623. The average Bonchev–Trinajstić information content (AvgIpc) is 2.98. The molecule has 7 heteroatoms. The number of fused-ring (bicyclic) bond motifs is 1. The molecule has 2 heterocycles. The Hall–Kier alpha value is -2.28. The van der Waals surface area contributed by atoms with E-state index in [0.717, 1.165) is 5.56 Å². The molecule has 2 aromatic rings. The van der Waals surface area contributed by atoms with Gasteiger partial charge in [0.25, 0.3) is 5.91 Å². The van der Waals surface area contributed by atoms with Crippen LogP contribution < -0.4 is 14.9 Å². The first kappa shape index (κ1) is 17.5. The summed E-state index contributed by atoms with van der Waals surface area (Å²) in [6.45, 7) is 6.48. The smallest absolute Gasteiger partial charge is 0.284 e. The van der Waals surface area contributed by atoms with Crippen LogP contribution in [0.5, 0.6) is 11.5 Å². The van der Waals surface area contributed by atoms with Crippen molar-refractivity contribution in [1.29, 1.82) is 0 Å². The summed E-state index contributed by atoms with van der Waals surface area (Å²) >= 11 is 3.20. The van der Waals surface area contributed by atoms with Crippen molar-refractivity contribution in [3.63, 3.8) is 0 Å². The Balaban J connectivity index is 1.65. The molecule has 0 spiro atoms. The van der Waals surface area contributed by atoms with Crippen LogP contribution in [0, 0.1) is 0 Å². The van der Waals surface area contributed by atoms with Crippen molar-refractivity contribution in [2.75, 3.05) is 6.61 Å². The Morgan fingerprint density at radius 2 is 2.08 bits per heavy atom. The molecule has 1 aliphatic rings. The van der Waals surface area contributed by atoms with Gasteiger partial charge in [0.1, 0.15) is 12.4 Å². The highest BCUT2D eigenvalue weighted by molar-refractivity contribution is 9.10. The van der Waals surface area contributed by atoms with Crippen molar-refractivity contribution in [1.82, 2.24) is 5.43 Å². The van der Waals surface area contributed by atoms with Crippen LogP contribution in [-0.4, -0.2) is 24.8 Å². The number of halogens is 1. The number of nitrogens with one attached hydrogen (secondary N) is 1. The largest absolute Gasteiger partial charge is 0.485 e. The summed E-state index contributed by atoms with van der Waals surface area (Å²) in [4.78, 5) is 12.2. The second kappa shape index (κ2) is 6.92. The van der Waals surface area contributed by atoms with Crippen LogP contribution in [0.1, 0.15) is 32.1 Å². The second-order valence-electron chi connectivity index (χ2n) is 6.71. The number of benzene rings is 1. The zero-order valence-electron chi connectivity index (χ0n) is 14.2. The first-order valence-corrected chi connectivity index (χ1v) is 8.64. The Morgan fingerprint density at radius 1 is 1.28 bits per heavy atom. The average molecular weight is 407 g/mol. The van der Waals surface area contributed by atoms with E-state index in [-0.39, 0.29) is 17.9 Å². The fourth-order valence-electron chi connectivity index (χ4n) is 2.30. The summed E-state index contributed by atoms with van der Waals surface area (Å²) < 4.78 is 17.3. The van der Waals surface area contributed by atoms with Crippen LogP contribution >= 0.6 is 15.9 Å². The van der Waals surface area contributed by atoms with E-state index in [1.807, 2.05) is 18.2 Å². The van der Waals surface area contributed by atoms with Crippen LogP contribution in [-0.2, 0) is 10.2 Å². The Bertz CT molecular complexity index is 808. The summed E-state index contributed by atoms with van der Waals surface area (Å²) in [6.07, 6.45) is 0.654. The van der Waals surface area contributed by atoms with Crippen LogP contribution in [0.15, 0.2) is 44.5 Å². The van der Waals surface area contributed by atoms with Gasteiger partial charge >= 0.3 is 0 Å². The number of hydrogen-bond donors (Lipinski definition) is 1. The number of rotatable bonds is 3. The molecule has 1 aromatic carbocycles. The number of nitrogens with zero attached hydrogens (tertiary/aromatic N) is 1. The molecule has 0 saturated carbocycles. The van der Waals surface area contributed by atoms with Gasteiger partial charge in [0.05, 0.1) is 6.21 Å². The van der Waals surface area contributed by atoms with Crippen molar-refractivity contribution < 1.29 is 18.7 Å². The summed E-state index contributed by atoms with van der Waals surface area (Å²) in [5, 5.41) is 3.87. The number of carbonyl (C=O) groups excluding carboxylic acids is 1.